The molecule has 0 radical (unpaired) electrons. The summed E-state index contributed by atoms with van der Waals surface area (Å²) in [6.45, 7) is 0.501. The van der Waals surface area contributed by atoms with Crippen LogP contribution in [-0.2, 0) is 17.8 Å². The van der Waals surface area contributed by atoms with E-state index in [0.29, 0.717) is 13.0 Å². The maximum atomic E-state index is 11.8. The topological polar surface area (TPSA) is 49.3 Å². The first-order chi connectivity index (χ1) is 10.2. The molecule has 0 unspecified atom stereocenters. The van der Waals surface area contributed by atoms with Crippen LogP contribution in [0.5, 0.6) is 0 Å². The van der Waals surface area contributed by atoms with Gasteiger partial charge < -0.3 is 5.11 Å². The Morgan fingerprint density at radius 3 is 2.00 bits per heavy atom. The van der Waals surface area contributed by atoms with Crippen LogP contribution in [-0.4, -0.2) is 22.4 Å². The summed E-state index contributed by atoms with van der Waals surface area (Å²) in [5, 5.41) is 12.8. The Hall–Kier alpha value is -1.78. The van der Waals surface area contributed by atoms with Crippen molar-refractivity contribution in [3.05, 3.63) is 71.8 Å². The largest absolute Gasteiger partial charge is 0.480 e. The molecule has 0 heterocycles. The molecule has 2 aromatic carbocycles. The minimum absolute atomic E-state index is 0.226. The molecule has 3 nitrogen and oxygen atoms in total. The van der Waals surface area contributed by atoms with E-state index in [4.69, 9.17) is 0 Å². The molecule has 110 valence electrons. The van der Waals surface area contributed by atoms with Crippen LogP contribution in [0.15, 0.2) is 60.7 Å². The SMILES string of the molecule is O=C(O)[C@@](CS)(Cc1ccccc1)NCc1ccccc1. The Bertz CT molecular complexity index is 574. The van der Waals surface area contributed by atoms with E-state index in [9.17, 15) is 9.90 Å². The molecule has 0 aromatic heterocycles. The highest BCUT2D eigenvalue weighted by Crippen LogP contribution is 2.17. The van der Waals surface area contributed by atoms with Crippen molar-refractivity contribution in [2.45, 2.75) is 18.5 Å². The van der Waals surface area contributed by atoms with Gasteiger partial charge in [-0.3, -0.25) is 10.1 Å². The highest BCUT2D eigenvalue weighted by Gasteiger charge is 2.36. The van der Waals surface area contributed by atoms with Crippen LogP contribution < -0.4 is 5.32 Å². The molecule has 0 saturated carbocycles. The first-order valence-electron chi connectivity index (χ1n) is 6.83. The second-order valence-corrected chi connectivity index (χ2v) is 5.36. The maximum Gasteiger partial charge on any atom is 0.325 e. The number of aliphatic carboxylic acids is 1. The van der Waals surface area contributed by atoms with Gasteiger partial charge in [-0.2, -0.15) is 12.6 Å². The lowest BCUT2D eigenvalue weighted by Gasteiger charge is -2.29. The van der Waals surface area contributed by atoms with Crippen molar-refractivity contribution in [2.75, 3.05) is 5.75 Å². The summed E-state index contributed by atoms with van der Waals surface area (Å²) in [6, 6.07) is 19.4. The average molecular weight is 301 g/mol. The van der Waals surface area contributed by atoms with Crippen molar-refractivity contribution < 1.29 is 9.90 Å². The molecule has 2 aromatic rings. The van der Waals surface area contributed by atoms with E-state index >= 15 is 0 Å². The zero-order chi connectivity index (χ0) is 15.1. The van der Waals surface area contributed by atoms with Gasteiger partial charge in [0.25, 0.3) is 0 Å². The molecule has 0 fully saturated rings. The van der Waals surface area contributed by atoms with Crippen molar-refractivity contribution in [2.24, 2.45) is 0 Å². The van der Waals surface area contributed by atoms with E-state index in [1.165, 1.54) is 0 Å². The zero-order valence-electron chi connectivity index (χ0n) is 11.7. The second-order valence-electron chi connectivity index (χ2n) is 5.05. The number of carboxylic acid groups (broad SMARTS) is 1. The molecule has 0 saturated heterocycles. The van der Waals surface area contributed by atoms with E-state index in [1.54, 1.807) is 0 Å². The van der Waals surface area contributed by atoms with Crippen molar-refractivity contribution >= 4 is 18.6 Å². The molecule has 0 aliphatic heterocycles. The van der Waals surface area contributed by atoms with E-state index < -0.39 is 11.5 Å². The molecule has 21 heavy (non-hydrogen) atoms. The van der Waals surface area contributed by atoms with E-state index in [2.05, 4.69) is 17.9 Å². The predicted molar refractivity (Wildman–Crippen MR) is 87.6 cm³/mol. The fraction of sp³-hybridized carbons (Fsp3) is 0.235. The van der Waals surface area contributed by atoms with Gasteiger partial charge >= 0.3 is 5.97 Å². The van der Waals surface area contributed by atoms with E-state index in [-0.39, 0.29) is 5.75 Å². The van der Waals surface area contributed by atoms with Crippen LogP contribution in [0.25, 0.3) is 0 Å². The fourth-order valence-electron chi connectivity index (χ4n) is 2.20. The van der Waals surface area contributed by atoms with Gasteiger partial charge in [-0.15, -0.1) is 0 Å². The summed E-state index contributed by atoms with van der Waals surface area (Å²) in [6.07, 6.45) is 0.402. The molecule has 0 aliphatic carbocycles. The van der Waals surface area contributed by atoms with Crippen molar-refractivity contribution in [3.63, 3.8) is 0 Å². The fourth-order valence-corrected chi connectivity index (χ4v) is 2.56. The first kappa shape index (κ1) is 15.6. The number of nitrogens with one attached hydrogen (secondary N) is 1. The normalized spacial score (nSPS) is 13.6. The van der Waals surface area contributed by atoms with Crippen LogP contribution in [0.2, 0.25) is 0 Å². The van der Waals surface area contributed by atoms with Gasteiger partial charge in [0, 0.05) is 18.7 Å². The number of carbonyl (C=O) groups is 1. The van der Waals surface area contributed by atoms with E-state index in [1.807, 2.05) is 60.7 Å². The first-order valence-corrected chi connectivity index (χ1v) is 7.47. The summed E-state index contributed by atoms with van der Waals surface area (Å²) < 4.78 is 0. The number of hydrogen-bond acceptors (Lipinski definition) is 3. The molecule has 0 bridgehead atoms. The lowest BCUT2D eigenvalue weighted by atomic mass is 9.92. The molecule has 0 aliphatic rings. The molecule has 1 atom stereocenters. The Morgan fingerprint density at radius 2 is 1.52 bits per heavy atom. The van der Waals surface area contributed by atoms with Crippen molar-refractivity contribution in [1.82, 2.24) is 5.32 Å². The van der Waals surface area contributed by atoms with Crippen LogP contribution in [0.1, 0.15) is 11.1 Å². The molecular formula is C17H19NO2S. The maximum absolute atomic E-state index is 11.8. The van der Waals surface area contributed by atoms with Crippen LogP contribution in [0, 0.1) is 0 Å². The molecular weight excluding hydrogens is 282 g/mol. The Labute approximate surface area is 130 Å². The smallest absolute Gasteiger partial charge is 0.325 e. The number of rotatable bonds is 7. The average Bonchev–Trinajstić information content (AvgIpc) is 2.53. The molecule has 0 amide bonds. The summed E-state index contributed by atoms with van der Waals surface area (Å²) in [7, 11) is 0. The van der Waals surface area contributed by atoms with Gasteiger partial charge in [-0.1, -0.05) is 60.7 Å². The lowest BCUT2D eigenvalue weighted by molar-refractivity contribution is -0.143. The number of thiol groups is 1. The van der Waals surface area contributed by atoms with E-state index in [0.717, 1.165) is 11.1 Å². The number of hydrogen-bond donors (Lipinski definition) is 3. The third-order valence-electron chi connectivity index (χ3n) is 3.50. The van der Waals surface area contributed by atoms with Crippen LogP contribution >= 0.6 is 12.6 Å². The summed E-state index contributed by atoms with van der Waals surface area (Å²) in [4.78, 5) is 11.8. The third-order valence-corrected chi connectivity index (χ3v) is 4.04. The molecule has 2 rings (SSSR count). The van der Waals surface area contributed by atoms with Crippen molar-refractivity contribution in [1.29, 1.82) is 0 Å². The monoisotopic (exact) mass is 301 g/mol. The highest BCUT2D eigenvalue weighted by atomic mass is 32.1. The number of benzene rings is 2. The minimum Gasteiger partial charge on any atom is -0.480 e. The standard InChI is InChI=1S/C17H19NO2S/c19-16(20)17(13-21,11-14-7-3-1-4-8-14)18-12-15-9-5-2-6-10-15/h1-10,18,21H,11-13H2,(H,19,20)/t17-/m0/s1. The van der Waals surface area contributed by atoms with Gasteiger partial charge in [0.2, 0.25) is 0 Å². The van der Waals surface area contributed by atoms with Gasteiger partial charge in [-0.25, -0.2) is 0 Å². The molecule has 0 spiro atoms. The van der Waals surface area contributed by atoms with Gasteiger partial charge in [-0.05, 0) is 11.1 Å². The van der Waals surface area contributed by atoms with Crippen molar-refractivity contribution in [3.8, 4) is 0 Å². The zero-order valence-corrected chi connectivity index (χ0v) is 12.6. The molecule has 2 N–H and O–H groups in total. The summed E-state index contributed by atoms with van der Waals surface area (Å²) in [5.41, 5.74) is 0.966. The van der Waals surface area contributed by atoms with Crippen LogP contribution in [0.3, 0.4) is 0 Å². The summed E-state index contributed by atoms with van der Waals surface area (Å²) in [5.74, 6) is -0.651. The third kappa shape index (κ3) is 4.09. The Balaban J connectivity index is 2.15. The quantitative estimate of drug-likeness (QED) is 0.689. The van der Waals surface area contributed by atoms with Crippen LogP contribution in [0.4, 0.5) is 0 Å². The Morgan fingerprint density at radius 1 is 1.00 bits per heavy atom. The Kier molecular flexibility index (Phi) is 5.42. The lowest BCUT2D eigenvalue weighted by Crippen LogP contribution is -2.55. The predicted octanol–water partition coefficient (Wildman–Crippen LogP) is 2.77. The second kappa shape index (κ2) is 7.29. The van der Waals surface area contributed by atoms with Gasteiger partial charge in [0.15, 0.2) is 0 Å². The number of carboxylic acids is 1. The molecule has 4 heteroatoms. The minimum atomic E-state index is -1.07. The van der Waals surface area contributed by atoms with Gasteiger partial charge in [0.1, 0.15) is 5.54 Å². The van der Waals surface area contributed by atoms with Gasteiger partial charge in [0.05, 0.1) is 0 Å². The highest BCUT2D eigenvalue weighted by molar-refractivity contribution is 7.80. The summed E-state index contributed by atoms with van der Waals surface area (Å²) >= 11 is 4.27.